The lowest BCUT2D eigenvalue weighted by Crippen LogP contribution is -2.26. The first-order valence-electron chi connectivity index (χ1n) is 8.88. The standard InChI is InChI=1S/C11H13NO3.C10H13NO2/c1-8-4-2-3-5-9(8)11(15)12-7-6-10(13)14;1-8-4-2-3-5-9(8)11-7-6-10(12)13/h2-5H,6-7H2,1H3,(H,12,15)(H,13,14);2-5,11H,6-7H2,1H3,(H,12,13). The first kappa shape index (κ1) is 22.7. The van der Waals surface area contributed by atoms with E-state index in [2.05, 4.69) is 10.6 Å². The van der Waals surface area contributed by atoms with E-state index in [1.54, 1.807) is 12.1 Å². The van der Waals surface area contributed by atoms with Gasteiger partial charge in [-0.3, -0.25) is 14.4 Å². The summed E-state index contributed by atoms with van der Waals surface area (Å²) >= 11 is 0. The molecule has 0 atom stereocenters. The SMILES string of the molecule is Cc1ccccc1C(=O)NCCC(=O)O.Cc1ccccc1NCCC(=O)O. The van der Waals surface area contributed by atoms with Crippen LogP contribution in [0.5, 0.6) is 0 Å². The van der Waals surface area contributed by atoms with Crippen LogP contribution in [-0.2, 0) is 9.59 Å². The van der Waals surface area contributed by atoms with Crippen LogP contribution >= 0.6 is 0 Å². The topological polar surface area (TPSA) is 116 Å². The molecule has 1 amide bonds. The number of rotatable bonds is 8. The fourth-order valence-corrected chi connectivity index (χ4v) is 2.28. The molecule has 0 saturated heterocycles. The van der Waals surface area contributed by atoms with Gasteiger partial charge in [0.15, 0.2) is 0 Å². The molecule has 2 aromatic carbocycles. The highest BCUT2D eigenvalue weighted by atomic mass is 16.4. The molecule has 0 spiro atoms. The minimum atomic E-state index is -0.917. The molecule has 0 aromatic heterocycles. The molecule has 0 saturated carbocycles. The number of carboxylic acids is 2. The monoisotopic (exact) mass is 386 g/mol. The first-order valence-corrected chi connectivity index (χ1v) is 8.88. The fraction of sp³-hybridized carbons (Fsp3) is 0.286. The Hall–Kier alpha value is -3.35. The molecule has 7 heteroatoms. The second kappa shape index (κ2) is 12.1. The molecule has 0 unspecified atom stereocenters. The molecule has 2 rings (SSSR count). The summed E-state index contributed by atoms with van der Waals surface area (Å²) in [6.07, 6.45) is 0.0892. The molecule has 2 aromatic rings. The minimum Gasteiger partial charge on any atom is -0.481 e. The Bertz CT molecular complexity index is 805. The van der Waals surface area contributed by atoms with Crippen molar-refractivity contribution in [3.8, 4) is 0 Å². The molecule has 0 bridgehead atoms. The Morgan fingerprint density at radius 2 is 1.32 bits per heavy atom. The number of carbonyl (C=O) groups is 3. The molecular weight excluding hydrogens is 360 g/mol. The number of carboxylic acid groups (broad SMARTS) is 2. The lowest BCUT2D eigenvalue weighted by atomic mass is 10.1. The van der Waals surface area contributed by atoms with E-state index in [1.165, 1.54) is 0 Å². The van der Waals surface area contributed by atoms with Gasteiger partial charge in [0.05, 0.1) is 12.8 Å². The van der Waals surface area contributed by atoms with Crippen molar-refractivity contribution in [1.29, 1.82) is 0 Å². The minimum absolute atomic E-state index is 0.0579. The molecule has 0 aliphatic carbocycles. The summed E-state index contributed by atoms with van der Waals surface area (Å²) in [5.41, 5.74) is 3.60. The predicted octanol–water partition coefficient (Wildman–Crippen LogP) is 3.08. The lowest BCUT2D eigenvalue weighted by molar-refractivity contribution is -0.137. The number of carbonyl (C=O) groups excluding carboxylic acids is 1. The number of hydrogen-bond donors (Lipinski definition) is 4. The van der Waals surface area contributed by atoms with Crippen LogP contribution in [0.2, 0.25) is 0 Å². The van der Waals surface area contributed by atoms with E-state index in [0.29, 0.717) is 12.1 Å². The average molecular weight is 386 g/mol. The quantitative estimate of drug-likeness (QED) is 0.554. The zero-order valence-corrected chi connectivity index (χ0v) is 16.1. The Morgan fingerprint density at radius 3 is 1.89 bits per heavy atom. The van der Waals surface area contributed by atoms with Gasteiger partial charge in [-0.15, -0.1) is 0 Å². The van der Waals surface area contributed by atoms with Crippen LogP contribution in [0.4, 0.5) is 5.69 Å². The number of para-hydroxylation sites is 1. The van der Waals surface area contributed by atoms with Crippen molar-refractivity contribution in [1.82, 2.24) is 5.32 Å². The van der Waals surface area contributed by atoms with Gasteiger partial charge in [-0.25, -0.2) is 0 Å². The highest BCUT2D eigenvalue weighted by molar-refractivity contribution is 5.95. The highest BCUT2D eigenvalue weighted by Gasteiger charge is 2.07. The van der Waals surface area contributed by atoms with Crippen LogP contribution in [0.25, 0.3) is 0 Å². The maximum absolute atomic E-state index is 11.5. The van der Waals surface area contributed by atoms with Crippen LogP contribution in [0, 0.1) is 13.8 Å². The molecule has 0 radical (unpaired) electrons. The smallest absolute Gasteiger partial charge is 0.305 e. The largest absolute Gasteiger partial charge is 0.481 e. The van der Waals surface area contributed by atoms with E-state index in [-0.39, 0.29) is 25.3 Å². The van der Waals surface area contributed by atoms with E-state index in [9.17, 15) is 14.4 Å². The molecule has 28 heavy (non-hydrogen) atoms. The molecular formula is C21H26N2O5. The summed E-state index contributed by atoms with van der Waals surface area (Å²) < 4.78 is 0. The van der Waals surface area contributed by atoms with Gasteiger partial charge >= 0.3 is 11.9 Å². The van der Waals surface area contributed by atoms with Crippen molar-refractivity contribution in [3.63, 3.8) is 0 Å². The van der Waals surface area contributed by atoms with E-state index in [0.717, 1.165) is 16.8 Å². The summed E-state index contributed by atoms with van der Waals surface area (Å²) in [7, 11) is 0. The van der Waals surface area contributed by atoms with Gasteiger partial charge in [0, 0.05) is 24.3 Å². The molecule has 0 fully saturated rings. The summed E-state index contributed by atoms with van der Waals surface area (Å²) in [6, 6.07) is 15.0. The number of benzene rings is 2. The number of anilines is 1. The van der Waals surface area contributed by atoms with E-state index in [4.69, 9.17) is 10.2 Å². The number of amides is 1. The van der Waals surface area contributed by atoms with Crippen molar-refractivity contribution < 1.29 is 24.6 Å². The van der Waals surface area contributed by atoms with Gasteiger partial charge in [0.1, 0.15) is 0 Å². The van der Waals surface area contributed by atoms with Gasteiger partial charge in [0.25, 0.3) is 5.91 Å². The summed E-state index contributed by atoms with van der Waals surface area (Å²) in [4.78, 5) is 32.0. The summed E-state index contributed by atoms with van der Waals surface area (Å²) in [5.74, 6) is -1.92. The Balaban J connectivity index is 0.000000283. The zero-order chi connectivity index (χ0) is 20.9. The van der Waals surface area contributed by atoms with Crippen LogP contribution in [0.1, 0.15) is 34.3 Å². The van der Waals surface area contributed by atoms with E-state index >= 15 is 0 Å². The first-order chi connectivity index (χ1) is 13.3. The lowest BCUT2D eigenvalue weighted by Gasteiger charge is -2.06. The molecule has 150 valence electrons. The Labute approximate surface area is 164 Å². The van der Waals surface area contributed by atoms with Crippen molar-refractivity contribution in [2.24, 2.45) is 0 Å². The maximum Gasteiger partial charge on any atom is 0.305 e. The van der Waals surface area contributed by atoms with Crippen molar-refractivity contribution in [2.75, 3.05) is 18.4 Å². The Morgan fingerprint density at radius 1 is 0.786 bits per heavy atom. The number of aliphatic carboxylic acids is 2. The fourth-order valence-electron chi connectivity index (χ4n) is 2.28. The third kappa shape index (κ3) is 8.84. The van der Waals surface area contributed by atoms with Crippen molar-refractivity contribution in [2.45, 2.75) is 26.7 Å². The summed E-state index contributed by atoms with van der Waals surface area (Å²) in [5, 5.41) is 22.4. The van der Waals surface area contributed by atoms with Gasteiger partial charge in [-0.2, -0.15) is 0 Å². The maximum atomic E-state index is 11.5. The summed E-state index contributed by atoms with van der Waals surface area (Å²) in [6.45, 7) is 4.46. The van der Waals surface area contributed by atoms with Crippen LogP contribution in [0.15, 0.2) is 48.5 Å². The average Bonchev–Trinajstić information content (AvgIpc) is 2.63. The normalized spacial score (nSPS) is 9.64. The number of nitrogens with one attached hydrogen (secondary N) is 2. The van der Waals surface area contributed by atoms with E-state index in [1.807, 2.05) is 50.2 Å². The van der Waals surface area contributed by atoms with Crippen molar-refractivity contribution in [3.05, 3.63) is 65.2 Å². The van der Waals surface area contributed by atoms with Gasteiger partial charge < -0.3 is 20.8 Å². The molecule has 0 aliphatic heterocycles. The van der Waals surface area contributed by atoms with Crippen LogP contribution in [0.3, 0.4) is 0 Å². The van der Waals surface area contributed by atoms with Gasteiger partial charge in [-0.05, 0) is 37.1 Å². The van der Waals surface area contributed by atoms with Gasteiger partial charge in [-0.1, -0.05) is 36.4 Å². The molecule has 0 aliphatic rings. The number of hydrogen-bond acceptors (Lipinski definition) is 4. The number of aryl methyl sites for hydroxylation is 2. The highest BCUT2D eigenvalue weighted by Crippen LogP contribution is 2.12. The van der Waals surface area contributed by atoms with E-state index < -0.39 is 11.9 Å². The second-order valence-corrected chi connectivity index (χ2v) is 6.10. The van der Waals surface area contributed by atoms with Crippen LogP contribution < -0.4 is 10.6 Å². The molecule has 0 heterocycles. The van der Waals surface area contributed by atoms with Crippen molar-refractivity contribution >= 4 is 23.5 Å². The van der Waals surface area contributed by atoms with Gasteiger partial charge in [0.2, 0.25) is 0 Å². The molecule has 7 nitrogen and oxygen atoms in total. The third-order valence-electron chi connectivity index (χ3n) is 3.81. The zero-order valence-electron chi connectivity index (χ0n) is 16.1. The molecule has 4 N–H and O–H groups in total. The third-order valence-corrected chi connectivity index (χ3v) is 3.81. The van der Waals surface area contributed by atoms with Crippen LogP contribution in [-0.4, -0.2) is 41.1 Å². The Kier molecular flexibility index (Phi) is 9.82. The second-order valence-electron chi connectivity index (χ2n) is 6.10. The predicted molar refractivity (Wildman–Crippen MR) is 108 cm³/mol.